The lowest BCUT2D eigenvalue weighted by Crippen LogP contribution is -2.23. The van der Waals surface area contributed by atoms with E-state index in [1.807, 2.05) is 6.92 Å². The molecule has 112 valence electrons. The first kappa shape index (κ1) is 15.7. The highest BCUT2D eigenvalue weighted by Gasteiger charge is 2.05. The minimum atomic E-state index is -3.52. The van der Waals surface area contributed by atoms with Gasteiger partial charge in [-0.1, -0.05) is 42.0 Å². The highest BCUT2D eigenvalue weighted by molar-refractivity contribution is 7.89. The summed E-state index contributed by atoms with van der Waals surface area (Å²) >= 11 is 0. The molecule has 0 saturated carbocycles. The van der Waals surface area contributed by atoms with Gasteiger partial charge in [0.15, 0.2) is 0 Å². The molecule has 1 heterocycles. The minimum Gasteiger partial charge on any atom is -0.312 e. The maximum atomic E-state index is 10.7. The number of hydrogen-bond acceptors (Lipinski definition) is 3. The molecule has 0 aliphatic carbocycles. The zero-order valence-electron chi connectivity index (χ0n) is 12.0. The van der Waals surface area contributed by atoms with E-state index in [1.165, 1.54) is 29.7 Å². The van der Waals surface area contributed by atoms with Crippen molar-refractivity contribution in [3.63, 3.8) is 0 Å². The molecule has 0 aromatic heterocycles. The van der Waals surface area contributed by atoms with Crippen LogP contribution in [0.4, 0.5) is 0 Å². The molecule has 1 aliphatic rings. The largest absolute Gasteiger partial charge is 0.312 e. The zero-order chi connectivity index (χ0) is 15.3. The van der Waals surface area contributed by atoms with Crippen molar-refractivity contribution in [3.05, 3.63) is 65.2 Å². The molecule has 0 radical (unpaired) electrons. The van der Waals surface area contributed by atoms with Gasteiger partial charge < -0.3 is 5.32 Å². The molecule has 4 nitrogen and oxygen atoms in total. The lowest BCUT2D eigenvalue weighted by Gasteiger charge is -2.15. The van der Waals surface area contributed by atoms with Crippen molar-refractivity contribution < 1.29 is 8.42 Å². The normalized spacial score (nSPS) is 13.8. The second-order valence-corrected chi connectivity index (χ2v) is 6.61. The molecule has 0 unspecified atom stereocenters. The Labute approximate surface area is 126 Å². The van der Waals surface area contributed by atoms with E-state index in [0.29, 0.717) is 0 Å². The topological polar surface area (TPSA) is 72.2 Å². The van der Waals surface area contributed by atoms with Crippen molar-refractivity contribution in [2.75, 3.05) is 6.54 Å². The lowest BCUT2D eigenvalue weighted by atomic mass is 10.0. The molecule has 0 bridgehead atoms. The molecule has 3 N–H and O–H groups in total. The Balaban J connectivity index is 0.000000154. The minimum absolute atomic E-state index is 0.156. The average Bonchev–Trinajstić information content (AvgIpc) is 2.47. The number of nitrogens with one attached hydrogen (secondary N) is 1. The van der Waals surface area contributed by atoms with E-state index in [2.05, 4.69) is 29.6 Å². The molecule has 0 spiro atoms. The summed E-state index contributed by atoms with van der Waals surface area (Å²) in [5.41, 5.74) is 3.99. The third kappa shape index (κ3) is 4.67. The number of fused-ring (bicyclic) bond motifs is 1. The van der Waals surface area contributed by atoms with Gasteiger partial charge in [-0.05, 0) is 43.1 Å². The molecular weight excluding hydrogens is 284 g/mol. The first-order chi connectivity index (χ1) is 9.97. The Bertz CT molecular complexity index is 669. The first-order valence-corrected chi connectivity index (χ1v) is 8.38. The van der Waals surface area contributed by atoms with Crippen LogP contribution >= 0.6 is 0 Å². The fourth-order valence-corrected chi connectivity index (χ4v) is 2.66. The summed E-state index contributed by atoms with van der Waals surface area (Å²) in [6.45, 7) is 4.07. The number of nitrogens with two attached hydrogens (primary N) is 1. The summed E-state index contributed by atoms with van der Waals surface area (Å²) in [4.78, 5) is 0.156. The lowest BCUT2D eigenvalue weighted by molar-refractivity contribution is 0.598. The molecule has 1 aliphatic heterocycles. The van der Waals surface area contributed by atoms with Crippen LogP contribution < -0.4 is 10.5 Å². The van der Waals surface area contributed by atoms with Crippen molar-refractivity contribution in [2.24, 2.45) is 5.14 Å². The fraction of sp³-hybridized carbons (Fsp3) is 0.250. The van der Waals surface area contributed by atoms with Gasteiger partial charge in [0.25, 0.3) is 0 Å². The maximum absolute atomic E-state index is 10.7. The van der Waals surface area contributed by atoms with Crippen LogP contribution in [0.2, 0.25) is 0 Å². The van der Waals surface area contributed by atoms with Crippen molar-refractivity contribution in [1.82, 2.24) is 5.32 Å². The van der Waals surface area contributed by atoms with E-state index in [-0.39, 0.29) is 4.90 Å². The molecule has 0 saturated heterocycles. The van der Waals surface area contributed by atoms with Gasteiger partial charge in [0, 0.05) is 6.54 Å². The predicted molar refractivity (Wildman–Crippen MR) is 84.4 cm³/mol. The molecule has 2 aromatic carbocycles. The van der Waals surface area contributed by atoms with Crippen LogP contribution in [0.1, 0.15) is 16.7 Å². The van der Waals surface area contributed by atoms with Crippen LogP contribution in [0.15, 0.2) is 53.4 Å². The van der Waals surface area contributed by atoms with Crippen LogP contribution in [0, 0.1) is 6.92 Å². The van der Waals surface area contributed by atoms with Gasteiger partial charge in [-0.2, -0.15) is 0 Å². The van der Waals surface area contributed by atoms with Gasteiger partial charge in [0.1, 0.15) is 0 Å². The van der Waals surface area contributed by atoms with Crippen LogP contribution in [-0.4, -0.2) is 15.0 Å². The van der Waals surface area contributed by atoms with Crippen LogP contribution in [-0.2, 0) is 23.0 Å². The number of sulfonamides is 1. The van der Waals surface area contributed by atoms with Crippen molar-refractivity contribution in [1.29, 1.82) is 0 Å². The van der Waals surface area contributed by atoms with Crippen LogP contribution in [0.25, 0.3) is 0 Å². The highest BCUT2D eigenvalue weighted by Crippen LogP contribution is 2.11. The first-order valence-electron chi connectivity index (χ1n) is 6.84. The Kier molecular flexibility index (Phi) is 5.12. The molecule has 3 rings (SSSR count). The van der Waals surface area contributed by atoms with Gasteiger partial charge in [-0.3, -0.25) is 0 Å². The van der Waals surface area contributed by atoms with E-state index in [9.17, 15) is 8.42 Å². The standard InChI is InChI=1S/C9H11N.C7H9NO2S/c1-2-4-9-7-10-6-5-8(9)3-1;1-6-2-4-7(5-3-6)11(8,9)10/h1-4,10H,5-7H2;2-5H,1H3,(H2,8,9,10). The summed E-state index contributed by atoms with van der Waals surface area (Å²) in [5, 5.41) is 8.22. The Morgan fingerprint density at radius 1 is 1.00 bits per heavy atom. The average molecular weight is 304 g/mol. The van der Waals surface area contributed by atoms with Gasteiger partial charge in [0.05, 0.1) is 4.90 Å². The van der Waals surface area contributed by atoms with E-state index in [0.717, 1.165) is 18.7 Å². The van der Waals surface area contributed by atoms with Gasteiger partial charge in [0.2, 0.25) is 10.0 Å². The molecule has 0 atom stereocenters. The van der Waals surface area contributed by atoms with E-state index < -0.39 is 10.0 Å². The summed E-state index contributed by atoms with van der Waals surface area (Å²) in [7, 11) is -3.52. The number of benzene rings is 2. The number of aryl methyl sites for hydroxylation is 1. The summed E-state index contributed by atoms with van der Waals surface area (Å²) in [5.74, 6) is 0. The number of rotatable bonds is 1. The smallest absolute Gasteiger partial charge is 0.238 e. The molecule has 2 aromatic rings. The van der Waals surface area contributed by atoms with Crippen molar-refractivity contribution >= 4 is 10.0 Å². The van der Waals surface area contributed by atoms with Crippen molar-refractivity contribution in [3.8, 4) is 0 Å². The molecular formula is C16H20N2O2S. The van der Waals surface area contributed by atoms with Gasteiger partial charge in [-0.25, -0.2) is 13.6 Å². The maximum Gasteiger partial charge on any atom is 0.238 e. The third-order valence-corrected chi connectivity index (χ3v) is 4.28. The summed E-state index contributed by atoms with van der Waals surface area (Å²) < 4.78 is 21.4. The third-order valence-electron chi connectivity index (χ3n) is 3.35. The second kappa shape index (κ2) is 6.85. The number of hydrogen-bond donors (Lipinski definition) is 2. The predicted octanol–water partition coefficient (Wildman–Crippen LogP) is 1.97. The molecule has 21 heavy (non-hydrogen) atoms. The summed E-state index contributed by atoms with van der Waals surface area (Å²) in [6.07, 6.45) is 1.19. The second-order valence-electron chi connectivity index (χ2n) is 5.05. The Hall–Kier alpha value is -1.69. The van der Waals surface area contributed by atoms with Crippen LogP contribution in [0.3, 0.4) is 0 Å². The van der Waals surface area contributed by atoms with E-state index >= 15 is 0 Å². The SMILES string of the molecule is Cc1ccc(S(N)(=O)=O)cc1.c1ccc2c(c1)CCNC2. The van der Waals surface area contributed by atoms with Gasteiger partial charge in [-0.15, -0.1) is 0 Å². The molecule has 5 heteroatoms. The monoisotopic (exact) mass is 304 g/mol. The van der Waals surface area contributed by atoms with Gasteiger partial charge >= 0.3 is 0 Å². The quantitative estimate of drug-likeness (QED) is 0.846. The summed E-state index contributed by atoms with van der Waals surface area (Å²) in [6, 6.07) is 15.0. The number of primary sulfonamides is 1. The fourth-order valence-electron chi connectivity index (χ4n) is 2.15. The van der Waals surface area contributed by atoms with E-state index in [4.69, 9.17) is 5.14 Å². The highest BCUT2D eigenvalue weighted by atomic mass is 32.2. The van der Waals surface area contributed by atoms with Crippen LogP contribution in [0.5, 0.6) is 0 Å². The van der Waals surface area contributed by atoms with Crippen molar-refractivity contribution in [2.45, 2.75) is 24.8 Å². The Morgan fingerprint density at radius 3 is 2.19 bits per heavy atom. The molecule has 0 fully saturated rings. The molecule has 0 amide bonds. The zero-order valence-corrected chi connectivity index (χ0v) is 12.9. The van der Waals surface area contributed by atoms with E-state index in [1.54, 1.807) is 12.1 Å². The Morgan fingerprint density at radius 2 is 1.62 bits per heavy atom.